The molecule has 0 radical (unpaired) electrons. The maximum absolute atomic E-state index is 13.3. The van der Waals surface area contributed by atoms with E-state index in [1.807, 2.05) is 0 Å². The Morgan fingerprint density at radius 3 is 2.71 bits per heavy atom. The summed E-state index contributed by atoms with van der Waals surface area (Å²) in [5.74, 6) is -1.38. The molecule has 21 heavy (non-hydrogen) atoms. The van der Waals surface area contributed by atoms with Crippen LogP contribution in [0.15, 0.2) is 48.5 Å². The van der Waals surface area contributed by atoms with Crippen LogP contribution in [0.4, 0.5) is 15.8 Å². The normalized spacial score (nSPS) is 10.8. The molecule has 2 rings (SSSR count). The van der Waals surface area contributed by atoms with E-state index < -0.39 is 5.97 Å². The van der Waals surface area contributed by atoms with Crippen molar-refractivity contribution >= 4 is 35.0 Å². The zero-order valence-corrected chi connectivity index (χ0v) is 12.0. The van der Waals surface area contributed by atoms with Crippen molar-refractivity contribution in [3.05, 3.63) is 64.9 Å². The SMILES string of the molecule is CN(c1cccc(F)c1)c1ccc(Cl)cc1/C=C/C(=O)O. The van der Waals surface area contributed by atoms with E-state index >= 15 is 0 Å². The number of nitrogens with zero attached hydrogens (tertiary/aromatic N) is 1. The highest BCUT2D eigenvalue weighted by Gasteiger charge is 2.09. The average Bonchev–Trinajstić information content (AvgIpc) is 2.44. The predicted molar refractivity (Wildman–Crippen MR) is 82.6 cm³/mol. The largest absolute Gasteiger partial charge is 0.478 e. The average molecular weight is 306 g/mol. The molecular formula is C16H13ClFNO2. The number of hydrogen-bond donors (Lipinski definition) is 1. The van der Waals surface area contributed by atoms with E-state index in [1.54, 1.807) is 42.3 Å². The highest BCUT2D eigenvalue weighted by molar-refractivity contribution is 6.30. The fourth-order valence-corrected chi connectivity index (χ4v) is 2.13. The van der Waals surface area contributed by atoms with Gasteiger partial charge < -0.3 is 10.0 Å². The maximum atomic E-state index is 13.3. The van der Waals surface area contributed by atoms with Crippen molar-refractivity contribution in [3.63, 3.8) is 0 Å². The Labute approximate surface area is 126 Å². The lowest BCUT2D eigenvalue weighted by Crippen LogP contribution is -2.11. The van der Waals surface area contributed by atoms with Gasteiger partial charge in [0.2, 0.25) is 0 Å². The van der Waals surface area contributed by atoms with Crippen molar-refractivity contribution in [1.82, 2.24) is 0 Å². The summed E-state index contributed by atoms with van der Waals surface area (Å²) >= 11 is 5.95. The third kappa shape index (κ3) is 3.83. The molecule has 0 bridgehead atoms. The molecule has 0 saturated heterocycles. The molecule has 0 atom stereocenters. The minimum absolute atomic E-state index is 0.337. The second kappa shape index (κ2) is 6.41. The molecule has 0 saturated carbocycles. The van der Waals surface area contributed by atoms with Crippen molar-refractivity contribution in [2.75, 3.05) is 11.9 Å². The Balaban J connectivity index is 2.45. The molecule has 0 amide bonds. The summed E-state index contributed by atoms with van der Waals surface area (Å²) in [4.78, 5) is 12.4. The maximum Gasteiger partial charge on any atom is 0.328 e. The number of hydrogen-bond acceptors (Lipinski definition) is 2. The lowest BCUT2D eigenvalue weighted by atomic mass is 10.1. The Morgan fingerprint density at radius 2 is 2.05 bits per heavy atom. The third-order valence-corrected chi connectivity index (χ3v) is 3.19. The predicted octanol–water partition coefficient (Wildman–Crippen LogP) is 4.34. The van der Waals surface area contributed by atoms with Crippen LogP contribution in [0, 0.1) is 5.82 Å². The van der Waals surface area contributed by atoms with E-state index in [9.17, 15) is 9.18 Å². The first-order valence-corrected chi connectivity index (χ1v) is 6.55. The minimum atomic E-state index is -1.05. The minimum Gasteiger partial charge on any atom is -0.478 e. The summed E-state index contributed by atoms with van der Waals surface area (Å²) in [5, 5.41) is 9.24. The fourth-order valence-electron chi connectivity index (χ4n) is 1.95. The molecule has 0 aliphatic heterocycles. The number of anilines is 2. The topological polar surface area (TPSA) is 40.5 Å². The van der Waals surface area contributed by atoms with Gasteiger partial charge in [0, 0.05) is 29.5 Å². The van der Waals surface area contributed by atoms with Crippen LogP contribution in [0.5, 0.6) is 0 Å². The summed E-state index contributed by atoms with van der Waals surface area (Å²) in [7, 11) is 1.77. The van der Waals surface area contributed by atoms with Crippen LogP contribution in [-0.4, -0.2) is 18.1 Å². The van der Waals surface area contributed by atoms with Gasteiger partial charge in [-0.25, -0.2) is 9.18 Å². The third-order valence-electron chi connectivity index (χ3n) is 2.95. The van der Waals surface area contributed by atoms with Crippen molar-refractivity contribution in [3.8, 4) is 0 Å². The van der Waals surface area contributed by atoms with Gasteiger partial charge in [0.25, 0.3) is 0 Å². The molecule has 108 valence electrons. The lowest BCUT2D eigenvalue weighted by molar-refractivity contribution is -0.131. The molecular weight excluding hydrogens is 293 g/mol. The highest BCUT2D eigenvalue weighted by Crippen LogP contribution is 2.30. The van der Waals surface area contributed by atoms with Gasteiger partial charge >= 0.3 is 5.97 Å². The summed E-state index contributed by atoms with van der Waals surface area (Å²) in [5.41, 5.74) is 2.02. The van der Waals surface area contributed by atoms with Crippen LogP contribution >= 0.6 is 11.6 Å². The highest BCUT2D eigenvalue weighted by atomic mass is 35.5. The second-order valence-corrected chi connectivity index (χ2v) is 4.85. The van der Waals surface area contributed by atoms with Gasteiger partial charge in [0.1, 0.15) is 5.82 Å². The molecule has 2 aromatic rings. The van der Waals surface area contributed by atoms with Gasteiger partial charge in [-0.15, -0.1) is 0 Å². The molecule has 3 nitrogen and oxygen atoms in total. The Morgan fingerprint density at radius 1 is 1.29 bits per heavy atom. The van der Waals surface area contributed by atoms with Gasteiger partial charge in [0.05, 0.1) is 0 Å². The van der Waals surface area contributed by atoms with E-state index in [2.05, 4.69) is 0 Å². The van der Waals surface area contributed by atoms with Gasteiger partial charge in [-0.05, 0) is 48.0 Å². The molecule has 2 aromatic carbocycles. The monoisotopic (exact) mass is 305 g/mol. The van der Waals surface area contributed by atoms with E-state index in [1.165, 1.54) is 18.2 Å². The van der Waals surface area contributed by atoms with Crippen LogP contribution in [-0.2, 0) is 4.79 Å². The van der Waals surface area contributed by atoms with Crippen LogP contribution in [0.2, 0.25) is 5.02 Å². The molecule has 5 heteroatoms. The molecule has 0 aliphatic carbocycles. The van der Waals surface area contributed by atoms with Crippen molar-refractivity contribution in [2.24, 2.45) is 0 Å². The van der Waals surface area contributed by atoms with Gasteiger partial charge in [0.15, 0.2) is 0 Å². The van der Waals surface area contributed by atoms with E-state index in [-0.39, 0.29) is 5.82 Å². The summed E-state index contributed by atoms with van der Waals surface area (Å²) in [6.45, 7) is 0. The summed E-state index contributed by atoms with van der Waals surface area (Å²) < 4.78 is 13.3. The van der Waals surface area contributed by atoms with Gasteiger partial charge in [-0.1, -0.05) is 17.7 Å². The Hall–Kier alpha value is -2.33. The smallest absolute Gasteiger partial charge is 0.328 e. The van der Waals surface area contributed by atoms with Crippen molar-refractivity contribution in [2.45, 2.75) is 0 Å². The van der Waals surface area contributed by atoms with E-state index in [4.69, 9.17) is 16.7 Å². The summed E-state index contributed by atoms with van der Waals surface area (Å²) in [6, 6.07) is 11.3. The lowest BCUT2D eigenvalue weighted by Gasteiger charge is -2.22. The number of carboxylic acid groups (broad SMARTS) is 1. The molecule has 0 heterocycles. The van der Waals surface area contributed by atoms with E-state index in [0.717, 1.165) is 11.8 Å². The van der Waals surface area contributed by atoms with Crippen LogP contribution in [0.1, 0.15) is 5.56 Å². The number of benzene rings is 2. The molecule has 0 aliphatic rings. The molecule has 1 N–H and O–H groups in total. The van der Waals surface area contributed by atoms with Crippen LogP contribution < -0.4 is 4.90 Å². The first-order chi connectivity index (χ1) is 9.97. The van der Waals surface area contributed by atoms with Crippen molar-refractivity contribution < 1.29 is 14.3 Å². The zero-order valence-electron chi connectivity index (χ0n) is 11.3. The zero-order chi connectivity index (χ0) is 15.4. The molecule has 0 fully saturated rings. The van der Waals surface area contributed by atoms with Crippen molar-refractivity contribution in [1.29, 1.82) is 0 Å². The fraction of sp³-hybridized carbons (Fsp3) is 0.0625. The number of rotatable bonds is 4. The number of carboxylic acids is 1. The van der Waals surface area contributed by atoms with Gasteiger partial charge in [-0.3, -0.25) is 0 Å². The molecule has 0 aromatic heterocycles. The standard InChI is InChI=1S/C16H13ClFNO2/c1-19(14-4-2-3-13(18)10-14)15-7-6-12(17)9-11(15)5-8-16(20)21/h2-10H,1H3,(H,20,21)/b8-5+. The Kier molecular flexibility index (Phi) is 4.60. The molecule has 0 spiro atoms. The van der Waals surface area contributed by atoms with E-state index in [0.29, 0.717) is 16.3 Å². The number of carbonyl (C=O) groups is 1. The first kappa shape index (κ1) is 15.1. The number of aliphatic carboxylic acids is 1. The van der Waals surface area contributed by atoms with Crippen LogP contribution in [0.3, 0.4) is 0 Å². The van der Waals surface area contributed by atoms with Gasteiger partial charge in [-0.2, -0.15) is 0 Å². The summed E-state index contributed by atoms with van der Waals surface area (Å²) in [6.07, 6.45) is 2.49. The van der Waals surface area contributed by atoms with Crippen LogP contribution in [0.25, 0.3) is 6.08 Å². The number of halogens is 2. The quantitative estimate of drug-likeness (QED) is 0.854. The Bertz CT molecular complexity index is 700. The first-order valence-electron chi connectivity index (χ1n) is 6.17. The second-order valence-electron chi connectivity index (χ2n) is 4.41. The molecule has 0 unspecified atom stereocenters.